The van der Waals surface area contributed by atoms with E-state index < -0.39 is 198 Å². The molecule has 3 rings (SSSR count). The number of amides is 12. The van der Waals surface area contributed by atoms with Gasteiger partial charge < -0.3 is 106 Å². The van der Waals surface area contributed by atoms with Crippen molar-refractivity contribution in [3.63, 3.8) is 0 Å². The maximum Gasteiger partial charge on any atom is 0.407 e. The highest BCUT2D eigenvalue weighted by Crippen LogP contribution is 2.25. The van der Waals surface area contributed by atoms with Gasteiger partial charge >= 0.3 is 6.09 Å². The lowest BCUT2D eigenvalue weighted by atomic mass is 9.86. The van der Waals surface area contributed by atoms with Crippen molar-refractivity contribution < 1.29 is 82.7 Å². The Morgan fingerprint density at radius 3 is 1.72 bits per heavy atom. The van der Waals surface area contributed by atoms with Gasteiger partial charge in [-0.1, -0.05) is 150 Å². The second-order valence-corrected chi connectivity index (χ2v) is 28.7. The van der Waals surface area contributed by atoms with Crippen LogP contribution in [0.1, 0.15) is 146 Å². The Morgan fingerprint density at radius 2 is 1.18 bits per heavy atom. The third-order valence-corrected chi connectivity index (χ3v) is 16.4. The van der Waals surface area contributed by atoms with Crippen molar-refractivity contribution in [2.45, 2.75) is 220 Å². The van der Waals surface area contributed by atoms with Gasteiger partial charge in [-0.2, -0.15) is 0 Å². The van der Waals surface area contributed by atoms with Crippen molar-refractivity contribution in [1.29, 1.82) is 5.41 Å². The zero-order valence-electron chi connectivity index (χ0n) is 60.1. The van der Waals surface area contributed by atoms with Crippen LogP contribution in [0.5, 0.6) is 0 Å². The monoisotopic (exact) mass is 1420 g/mol. The number of guanidine groups is 1. The minimum atomic E-state index is -2.56. The molecule has 0 bridgehead atoms. The predicted octanol–water partition coefficient (Wildman–Crippen LogP) is -2.43. The maximum absolute atomic E-state index is 15.7. The molecule has 33 heteroatoms. The largest absolute Gasteiger partial charge is 0.445 e. The van der Waals surface area contributed by atoms with Crippen LogP contribution in [0, 0.1) is 34.0 Å². The Kier molecular flexibility index (Phi) is 35.0. The molecule has 0 aliphatic carbocycles. The van der Waals surface area contributed by atoms with Crippen LogP contribution in [0.15, 0.2) is 60.7 Å². The van der Waals surface area contributed by atoms with Crippen LogP contribution in [0.25, 0.3) is 0 Å². The Hall–Kier alpha value is -9.05. The number of nitrogens with two attached hydrogens (primary N) is 2. The summed E-state index contributed by atoms with van der Waals surface area (Å²) in [6.45, 7) is 19.7. The Morgan fingerprint density at radius 1 is 0.644 bits per heavy atom. The van der Waals surface area contributed by atoms with Gasteiger partial charge in [0.05, 0.1) is 37.4 Å². The number of ether oxygens (including phenoxy) is 1. The van der Waals surface area contributed by atoms with Crippen LogP contribution in [0.3, 0.4) is 0 Å². The van der Waals surface area contributed by atoms with E-state index in [1.807, 2.05) is 52.9 Å². The molecule has 0 saturated carbocycles. The quantitative estimate of drug-likeness (QED) is 0.0279. The summed E-state index contributed by atoms with van der Waals surface area (Å²) in [5.74, 6) is -15.5. The number of hydrogen-bond acceptors (Lipinski definition) is 19. The second-order valence-electron chi connectivity index (χ2n) is 28.7. The molecule has 0 aromatic heterocycles. The van der Waals surface area contributed by atoms with Gasteiger partial charge in [0.25, 0.3) is 0 Å². The first-order chi connectivity index (χ1) is 47.2. The van der Waals surface area contributed by atoms with Gasteiger partial charge in [0.2, 0.25) is 65.0 Å². The fraction of sp³-hybridized carbons (Fsp3) is 0.632. The lowest BCUT2D eigenvalue weighted by Gasteiger charge is -2.35. The smallest absolute Gasteiger partial charge is 0.407 e. The van der Waals surface area contributed by atoms with E-state index >= 15 is 14.4 Å². The first-order valence-electron chi connectivity index (χ1n) is 33.9. The van der Waals surface area contributed by atoms with Crippen molar-refractivity contribution in [2.75, 3.05) is 26.2 Å². The van der Waals surface area contributed by atoms with E-state index in [0.29, 0.717) is 6.42 Å². The Bertz CT molecular complexity index is 3110. The Balaban J connectivity index is 2.42. The summed E-state index contributed by atoms with van der Waals surface area (Å²) < 4.78 is 5.57. The average Bonchev–Trinajstić information content (AvgIpc) is 0.812. The van der Waals surface area contributed by atoms with Gasteiger partial charge in [-0.15, -0.1) is 0 Å². The molecule has 15 atom stereocenters. The molecule has 564 valence electrons. The number of aliphatic hydroxyl groups excluding tert-OH is 4. The molecule has 33 nitrogen and oxygen atoms in total. The first kappa shape index (κ1) is 86.2. The zero-order chi connectivity index (χ0) is 76.2. The number of carbonyl (C=O) groups excluding carboxylic acids is 12. The van der Waals surface area contributed by atoms with E-state index in [9.17, 15) is 63.6 Å². The Labute approximate surface area is 590 Å². The summed E-state index contributed by atoms with van der Waals surface area (Å²) in [6.07, 6.45) is -6.43. The maximum atomic E-state index is 15.7. The van der Waals surface area contributed by atoms with Crippen LogP contribution in [0.2, 0.25) is 0 Å². The third-order valence-electron chi connectivity index (χ3n) is 16.4. The zero-order valence-corrected chi connectivity index (χ0v) is 60.1. The fourth-order valence-electron chi connectivity index (χ4n) is 10.8. The molecule has 1 saturated heterocycles. The molecule has 0 unspecified atom stereocenters. The third kappa shape index (κ3) is 30.0. The molecule has 1 fully saturated rings. The first-order valence-corrected chi connectivity index (χ1v) is 33.9. The van der Waals surface area contributed by atoms with Gasteiger partial charge in [-0.05, 0) is 78.7 Å². The van der Waals surface area contributed by atoms with Crippen LogP contribution >= 0.6 is 0 Å². The molecular weight excluding hydrogens is 1310 g/mol. The molecule has 2 aromatic carbocycles. The van der Waals surface area contributed by atoms with E-state index in [2.05, 4.69) is 63.8 Å². The van der Waals surface area contributed by atoms with Crippen molar-refractivity contribution in [1.82, 2.24) is 69.1 Å². The molecular formula is C68H110N16O17. The lowest BCUT2D eigenvalue weighted by molar-refractivity contribution is -0.140. The van der Waals surface area contributed by atoms with Crippen molar-refractivity contribution in [2.24, 2.45) is 40.1 Å². The average molecular weight is 1420 g/mol. The topological polar surface area (TPSA) is 527 Å². The lowest BCUT2D eigenvalue weighted by Crippen LogP contribution is -2.65. The van der Waals surface area contributed by atoms with Crippen molar-refractivity contribution >= 4 is 77.0 Å². The number of hydrogen-bond donors (Lipinski definition) is 20. The summed E-state index contributed by atoms with van der Waals surface area (Å²) in [4.78, 5) is 172. The molecule has 0 radical (unpaired) electrons. The van der Waals surface area contributed by atoms with Gasteiger partial charge in [0, 0.05) is 19.1 Å². The van der Waals surface area contributed by atoms with Crippen LogP contribution in [-0.4, -0.2) is 202 Å². The number of primary amides is 1. The minimum Gasteiger partial charge on any atom is -0.445 e. The van der Waals surface area contributed by atoms with Gasteiger partial charge in [0.15, 0.2) is 12.1 Å². The highest BCUT2D eigenvalue weighted by Gasteiger charge is 2.43. The summed E-state index contributed by atoms with van der Waals surface area (Å²) >= 11 is 0. The van der Waals surface area contributed by atoms with Crippen LogP contribution < -0.4 is 80.6 Å². The number of alkyl carbamates (subject to hydrolysis) is 1. The SMILES string of the molecule is CC[C@H](C)[C@@H]1NC(=O)[C@@H](CCCNC(=N)N)NC(=O)[C@H](CC(C)C)NC(=O)[C@H]([C@H](O)C(C)C)NC(=O)[C@@H](NC(=O)[C@H](CC(C)(C)C)NC[C@@H](CC(C)(C)C)NC(=O)OCc2ccccc2)[C@@H](c2ccccc2)NC(=O)[C@H](CO)NC(=O)[C@H]([C@H](O)C(N)=O)NC(=O)CNC(=O)[C@H]([C@H](C)O)NC1=O. The van der Waals surface area contributed by atoms with Gasteiger partial charge in [0.1, 0.15) is 54.9 Å². The fourth-order valence-corrected chi connectivity index (χ4v) is 10.8. The highest BCUT2D eigenvalue weighted by molar-refractivity contribution is 6.00. The van der Waals surface area contributed by atoms with E-state index in [1.54, 1.807) is 58.0 Å². The molecule has 22 N–H and O–H groups in total. The molecule has 2 aromatic rings. The van der Waals surface area contributed by atoms with E-state index in [-0.39, 0.29) is 63.3 Å². The standard InChI is InChI=1S/C68H110N16O17/c1-14-37(6)47-61(96)81-48(38(7)86)60(95)74-32-46(87)79-52(54(89)55(69)90)64(99)78-45(33-85)59(94)82-49(40-24-19-16-20-25-40)50(83-58(93)44(30-68(11,12)13)73-31-41(29-67(8,9)10)75-66(100)101-34-39-22-17-15-18-23-39)62(97)84-51(53(88)36(4)5)63(98)77-43(28-35(2)3)57(92)76-42(56(91)80-47)26-21-27-72-65(70)71/h15-20,22-25,35-38,41-45,47-54,73,85-86,88-89H,14,21,26-34H2,1-13H3,(H2,69,90)(H,74,95)(H,75,100)(H,76,92)(H,77,98)(H,78,99)(H,79,87)(H,80,91)(H,81,96)(H,82,94)(H,83,93)(H,84,97)(H4,70,71,72)/t37-,38-,41+,42+,43-,44-,45-,47-,48-,49+,50-,51-,52-,53+,54-/m0/s1. The molecule has 1 aliphatic rings. The summed E-state index contributed by atoms with van der Waals surface area (Å²) in [5.41, 5.74) is 10.7. The number of benzene rings is 2. The molecule has 0 spiro atoms. The minimum absolute atomic E-state index is 0.0169. The highest BCUT2D eigenvalue weighted by atomic mass is 16.5. The van der Waals surface area contributed by atoms with Crippen LogP contribution in [0.4, 0.5) is 4.79 Å². The number of aliphatic hydroxyl groups is 4. The number of rotatable bonds is 25. The molecule has 12 amide bonds. The van der Waals surface area contributed by atoms with E-state index in [1.165, 1.54) is 38.1 Å². The van der Waals surface area contributed by atoms with Gasteiger partial charge in [-0.3, -0.25) is 58.1 Å². The van der Waals surface area contributed by atoms with Crippen LogP contribution in [-0.2, 0) is 64.1 Å². The summed E-state index contributed by atoms with van der Waals surface area (Å²) in [5, 5.41) is 85.7. The van der Waals surface area contributed by atoms with E-state index in [0.717, 1.165) is 12.5 Å². The van der Waals surface area contributed by atoms with Gasteiger partial charge in [-0.25, -0.2) is 4.79 Å². The molecule has 1 aliphatic heterocycles. The summed E-state index contributed by atoms with van der Waals surface area (Å²) in [6, 6.07) is -2.26. The number of nitrogens with one attached hydrogen (secondary N) is 14. The normalized spacial score (nSPS) is 23.5. The molecule has 1 heterocycles. The second kappa shape index (κ2) is 41.0. The summed E-state index contributed by atoms with van der Waals surface area (Å²) in [7, 11) is 0. The predicted molar refractivity (Wildman–Crippen MR) is 372 cm³/mol. The van der Waals surface area contributed by atoms with Crippen molar-refractivity contribution in [3.05, 3.63) is 71.8 Å². The molecule has 101 heavy (non-hydrogen) atoms. The van der Waals surface area contributed by atoms with Crippen molar-refractivity contribution in [3.8, 4) is 0 Å². The number of carbonyl (C=O) groups is 12. The van der Waals surface area contributed by atoms with E-state index in [4.69, 9.17) is 21.6 Å².